The van der Waals surface area contributed by atoms with Crippen LogP contribution in [0.1, 0.15) is 17.2 Å². The zero-order valence-electron chi connectivity index (χ0n) is 14.4. The van der Waals surface area contributed by atoms with E-state index < -0.39 is 0 Å². The zero-order valence-corrected chi connectivity index (χ0v) is 14.4. The first-order chi connectivity index (χ1) is 11.8. The molecule has 2 aromatic carbocycles. The van der Waals surface area contributed by atoms with E-state index in [0.29, 0.717) is 13.2 Å². The first-order valence-electron chi connectivity index (χ1n) is 8.65. The van der Waals surface area contributed by atoms with Crippen molar-refractivity contribution in [3.8, 4) is 5.75 Å². The predicted molar refractivity (Wildman–Crippen MR) is 98.1 cm³/mol. The van der Waals surface area contributed by atoms with E-state index in [1.807, 2.05) is 24.3 Å². The Morgan fingerprint density at radius 3 is 2.46 bits per heavy atom. The van der Waals surface area contributed by atoms with Gasteiger partial charge in [-0.05, 0) is 30.3 Å². The first kappa shape index (κ1) is 17.0. The van der Waals surface area contributed by atoms with Gasteiger partial charge in [-0.15, -0.1) is 0 Å². The normalized spacial score (nSPS) is 17.6. The number of piperazine rings is 1. The minimum atomic E-state index is 0.263. The summed E-state index contributed by atoms with van der Waals surface area (Å²) in [5.41, 5.74) is 8.51. The van der Waals surface area contributed by atoms with Gasteiger partial charge < -0.3 is 15.4 Å². The van der Waals surface area contributed by atoms with Crippen molar-refractivity contribution in [3.05, 3.63) is 65.7 Å². The van der Waals surface area contributed by atoms with Gasteiger partial charge in [0, 0.05) is 38.8 Å². The summed E-state index contributed by atoms with van der Waals surface area (Å²) >= 11 is 0. The molecule has 0 amide bonds. The Bertz CT molecular complexity index is 624. The molecule has 128 valence electrons. The molecule has 0 aliphatic carbocycles. The van der Waals surface area contributed by atoms with Crippen molar-refractivity contribution in [2.75, 3.05) is 39.8 Å². The van der Waals surface area contributed by atoms with Gasteiger partial charge in [0.15, 0.2) is 0 Å². The number of ether oxygens (including phenoxy) is 1. The topological polar surface area (TPSA) is 41.7 Å². The van der Waals surface area contributed by atoms with Crippen LogP contribution >= 0.6 is 0 Å². The fraction of sp³-hybridized carbons (Fsp3) is 0.400. The highest BCUT2D eigenvalue weighted by Gasteiger charge is 2.23. The molecule has 2 aromatic rings. The average molecular weight is 325 g/mol. The van der Waals surface area contributed by atoms with Gasteiger partial charge in [0.1, 0.15) is 12.4 Å². The molecule has 1 fully saturated rings. The molecule has 0 radical (unpaired) electrons. The van der Waals surface area contributed by atoms with Gasteiger partial charge in [0.2, 0.25) is 0 Å². The fourth-order valence-electron chi connectivity index (χ4n) is 3.18. The van der Waals surface area contributed by atoms with Crippen molar-refractivity contribution in [3.63, 3.8) is 0 Å². The number of benzene rings is 2. The third-order valence-corrected chi connectivity index (χ3v) is 4.69. The molecule has 2 N–H and O–H groups in total. The number of nitrogens with zero attached hydrogens (tertiary/aromatic N) is 2. The quantitative estimate of drug-likeness (QED) is 0.886. The molecular formula is C20H27N3O. The van der Waals surface area contributed by atoms with E-state index in [4.69, 9.17) is 10.5 Å². The van der Waals surface area contributed by atoms with E-state index in [2.05, 4.69) is 47.2 Å². The van der Waals surface area contributed by atoms with E-state index >= 15 is 0 Å². The Morgan fingerprint density at radius 1 is 1.00 bits per heavy atom. The van der Waals surface area contributed by atoms with Crippen molar-refractivity contribution in [1.29, 1.82) is 0 Å². The van der Waals surface area contributed by atoms with Crippen LogP contribution in [0.25, 0.3) is 0 Å². The summed E-state index contributed by atoms with van der Waals surface area (Å²) in [6.07, 6.45) is 0. The Kier molecular flexibility index (Phi) is 5.86. The zero-order chi connectivity index (χ0) is 16.8. The highest BCUT2D eigenvalue weighted by atomic mass is 16.5. The number of rotatable bonds is 6. The molecule has 4 heteroatoms. The summed E-state index contributed by atoms with van der Waals surface area (Å²) in [5.74, 6) is 0.906. The average Bonchev–Trinajstić information content (AvgIpc) is 2.63. The third-order valence-electron chi connectivity index (χ3n) is 4.69. The van der Waals surface area contributed by atoms with Crippen LogP contribution in [-0.4, -0.2) is 49.6 Å². The van der Waals surface area contributed by atoms with Gasteiger partial charge in [0.05, 0.1) is 0 Å². The van der Waals surface area contributed by atoms with Gasteiger partial charge in [0.25, 0.3) is 0 Å². The molecule has 0 spiro atoms. The maximum absolute atomic E-state index is 6.09. The lowest BCUT2D eigenvalue weighted by atomic mass is 10.0. The van der Waals surface area contributed by atoms with E-state index in [9.17, 15) is 0 Å². The van der Waals surface area contributed by atoms with Crippen LogP contribution < -0.4 is 10.5 Å². The van der Waals surface area contributed by atoms with Crippen molar-refractivity contribution in [2.45, 2.75) is 12.6 Å². The van der Waals surface area contributed by atoms with Crippen LogP contribution in [-0.2, 0) is 6.61 Å². The largest absolute Gasteiger partial charge is 0.489 e. The summed E-state index contributed by atoms with van der Waals surface area (Å²) in [6.45, 7) is 5.54. The van der Waals surface area contributed by atoms with Crippen molar-refractivity contribution < 1.29 is 4.74 Å². The summed E-state index contributed by atoms with van der Waals surface area (Å²) in [4.78, 5) is 4.85. The molecule has 0 saturated carbocycles. The Balaban J connectivity index is 1.66. The van der Waals surface area contributed by atoms with Crippen LogP contribution in [0.3, 0.4) is 0 Å². The predicted octanol–water partition coefficient (Wildman–Crippen LogP) is 2.51. The molecule has 1 aliphatic rings. The van der Waals surface area contributed by atoms with E-state index in [0.717, 1.165) is 31.9 Å². The Hall–Kier alpha value is -1.88. The van der Waals surface area contributed by atoms with Crippen LogP contribution in [0.15, 0.2) is 54.6 Å². The van der Waals surface area contributed by atoms with Crippen LogP contribution in [0.5, 0.6) is 5.75 Å². The summed E-state index contributed by atoms with van der Waals surface area (Å²) < 4.78 is 5.96. The monoisotopic (exact) mass is 325 g/mol. The minimum absolute atomic E-state index is 0.263. The Labute approximate surface area is 144 Å². The maximum atomic E-state index is 6.09. The molecular weight excluding hydrogens is 298 g/mol. The first-order valence-corrected chi connectivity index (χ1v) is 8.65. The Morgan fingerprint density at radius 2 is 1.75 bits per heavy atom. The highest BCUT2D eigenvalue weighted by Crippen LogP contribution is 2.25. The van der Waals surface area contributed by atoms with Gasteiger partial charge in [-0.3, -0.25) is 4.90 Å². The lowest BCUT2D eigenvalue weighted by Crippen LogP contribution is -2.47. The number of hydrogen-bond donors (Lipinski definition) is 1. The molecule has 1 unspecified atom stereocenters. The van der Waals surface area contributed by atoms with Crippen molar-refractivity contribution in [1.82, 2.24) is 9.80 Å². The van der Waals surface area contributed by atoms with Gasteiger partial charge >= 0.3 is 0 Å². The number of nitrogens with two attached hydrogens (primary N) is 1. The van der Waals surface area contributed by atoms with Crippen LogP contribution in [0.2, 0.25) is 0 Å². The van der Waals surface area contributed by atoms with Crippen molar-refractivity contribution in [2.24, 2.45) is 5.73 Å². The van der Waals surface area contributed by atoms with E-state index in [1.54, 1.807) is 0 Å². The van der Waals surface area contributed by atoms with Gasteiger partial charge in [-0.25, -0.2) is 0 Å². The standard InChI is InChI=1S/C20H27N3O/c1-22-10-12-23(13-11-22)20(15-21)18-8-5-9-19(14-18)24-16-17-6-3-2-4-7-17/h2-9,14,20H,10-13,15-16,21H2,1H3. The SMILES string of the molecule is CN1CCN(C(CN)c2cccc(OCc3ccccc3)c2)CC1. The number of hydrogen-bond acceptors (Lipinski definition) is 4. The molecule has 0 bridgehead atoms. The van der Waals surface area contributed by atoms with E-state index in [-0.39, 0.29) is 6.04 Å². The second kappa shape index (κ2) is 8.29. The maximum Gasteiger partial charge on any atom is 0.120 e. The fourth-order valence-corrected chi connectivity index (χ4v) is 3.18. The molecule has 1 heterocycles. The lowest BCUT2D eigenvalue weighted by Gasteiger charge is -2.37. The minimum Gasteiger partial charge on any atom is -0.489 e. The molecule has 1 atom stereocenters. The molecule has 1 aliphatic heterocycles. The van der Waals surface area contributed by atoms with Crippen LogP contribution in [0.4, 0.5) is 0 Å². The smallest absolute Gasteiger partial charge is 0.120 e. The second-order valence-corrected chi connectivity index (χ2v) is 6.44. The highest BCUT2D eigenvalue weighted by molar-refractivity contribution is 5.31. The van der Waals surface area contributed by atoms with E-state index in [1.165, 1.54) is 11.1 Å². The van der Waals surface area contributed by atoms with Crippen molar-refractivity contribution >= 4 is 0 Å². The summed E-state index contributed by atoms with van der Waals surface area (Å²) in [6, 6.07) is 18.9. The number of likely N-dealkylation sites (N-methyl/N-ethyl adjacent to an activating group) is 1. The second-order valence-electron chi connectivity index (χ2n) is 6.44. The van der Waals surface area contributed by atoms with Crippen LogP contribution in [0, 0.1) is 0 Å². The summed E-state index contributed by atoms with van der Waals surface area (Å²) in [7, 11) is 2.17. The summed E-state index contributed by atoms with van der Waals surface area (Å²) in [5, 5.41) is 0. The molecule has 3 rings (SSSR count). The molecule has 4 nitrogen and oxygen atoms in total. The van der Waals surface area contributed by atoms with Gasteiger partial charge in [-0.1, -0.05) is 42.5 Å². The third kappa shape index (κ3) is 4.35. The lowest BCUT2D eigenvalue weighted by molar-refractivity contribution is 0.114. The molecule has 24 heavy (non-hydrogen) atoms. The van der Waals surface area contributed by atoms with Gasteiger partial charge in [-0.2, -0.15) is 0 Å². The molecule has 1 saturated heterocycles. The molecule has 0 aromatic heterocycles.